The third-order valence-electron chi connectivity index (χ3n) is 3.85. The molecule has 4 N–H and O–H groups in total. The van der Waals surface area contributed by atoms with Crippen LogP contribution in [0.1, 0.15) is 65.2 Å². The van der Waals surface area contributed by atoms with Crippen LogP contribution in [0.5, 0.6) is 0 Å². The van der Waals surface area contributed by atoms with E-state index in [1.54, 1.807) is 0 Å². The zero-order valence-corrected chi connectivity index (χ0v) is 17.4. The molecule has 2 atom stereocenters. The molecule has 0 aromatic heterocycles. The van der Waals surface area contributed by atoms with Crippen LogP contribution < -0.4 is 11.5 Å². The number of rotatable bonds is 16. The molecule has 2 unspecified atom stereocenters. The van der Waals surface area contributed by atoms with E-state index in [9.17, 15) is 19.2 Å². The van der Waals surface area contributed by atoms with E-state index in [0.717, 1.165) is 25.7 Å². The van der Waals surface area contributed by atoms with Gasteiger partial charge in [-0.05, 0) is 52.6 Å². The van der Waals surface area contributed by atoms with Crippen LogP contribution in [0.3, 0.4) is 0 Å². The molecule has 0 aliphatic rings. The van der Waals surface area contributed by atoms with Crippen molar-refractivity contribution in [2.24, 2.45) is 11.5 Å². The first kappa shape index (κ1) is 26.8. The van der Waals surface area contributed by atoms with Gasteiger partial charge < -0.3 is 30.4 Å². The lowest BCUT2D eigenvalue weighted by Crippen LogP contribution is -2.30. The van der Waals surface area contributed by atoms with Gasteiger partial charge in [-0.2, -0.15) is 0 Å². The van der Waals surface area contributed by atoms with E-state index in [2.05, 4.69) is 0 Å². The summed E-state index contributed by atoms with van der Waals surface area (Å²) in [4.78, 5) is 46.7. The number of esters is 4. The monoisotopic (exact) mass is 418 g/mol. The minimum Gasteiger partial charge on any atom is -0.451 e. The first-order chi connectivity index (χ1) is 13.8. The molecule has 0 fully saturated rings. The van der Waals surface area contributed by atoms with Crippen LogP contribution >= 0.6 is 0 Å². The van der Waals surface area contributed by atoms with E-state index < -0.39 is 42.9 Å². The molecular weight excluding hydrogens is 384 g/mol. The number of carbonyl (C=O) groups excluding carboxylic acids is 4. The number of unbranched alkanes of at least 4 members (excludes halogenated alkanes) is 4. The Balaban J connectivity index is 3.98. The molecule has 168 valence electrons. The van der Waals surface area contributed by atoms with Crippen LogP contribution in [-0.4, -0.2) is 56.0 Å². The molecule has 0 radical (unpaired) electrons. The molecule has 0 saturated heterocycles. The molecule has 29 heavy (non-hydrogen) atoms. The number of hydrogen-bond donors (Lipinski definition) is 2. The van der Waals surface area contributed by atoms with Crippen molar-refractivity contribution >= 4 is 23.9 Å². The van der Waals surface area contributed by atoms with Crippen LogP contribution in [0.15, 0.2) is 0 Å². The van der Waals surface area contributed by atoms with E-state index in [-0.39, 0.29) is 12.8 Å². The molecule has 0 heterocycles. The van der Waals surface area contributed by atoms with Crippen molar-refractivity contribution < 1.29 is 38.1 Å². The Morgan fingerprint density at radius 3 is 1.38 bits per heavy atom. The average molecular weight is 418 g/mol. The van der Waals surface area contributed by atoms with Crippen molar-refractivity contribution in [2.75, 3.05) is 19.9 Å². The van der Waals surface area contributed by atoms with Crippen LogP contribution in [-0.2, 0) is 38.1 Å². The molecule has 0 spiro atoms. The molecule has 10 nitrogen and oxygen atoms in total. The van der Waals surface area contributed by atoms with Crippen LogP contribution in [0, 0.1) is 0 Å². The Kier molecular flexibility index (Phi) is 15.5. The fourth-order valence-electron chi connectivity index (χ4n) is 2.17. The summed E-state index contributed by atoms with van der Waals surface area (Å²) >= 11 is 0. The van der Waals surface area contributed by atoms with Crippen molar-refractivity contribution in [1.82, 2.24) is 0 Å². The van der Waals surface area contributed by atoms with Crippen LogP contribution in [0.4, 0.5) is 0 Å². The molecule has 0 aliphatic heterocycles. The third-order valence-corrected chi connectivity index (χ3v) is 3.85. The standard InChI is InChI=1S/C19H34N2O8/c1-14(28-16(22)9-5-3-7-11-20)18(24)26-13-27-19(25)15(2)29-17(23)10-6-4-8-12-21/h14-15H,3-13,20-21H2,1-2H3. The van der Waals surface area contributed by atoms with Gasteiger partial charge in [-0.3, -0.25) is 9.59 Å². The summed E-state index contributed by atoms with van der Waals surface area (Å²) in [6.07, 6.45) is 2.60. The molecule has 0 aromatic carbocycles. The summed E-state index contributed by atoms with van der Waals surface area (Å²) in [5, 5.41) is 0. The van der Waals surface area contributed by atoms with Gasteiger partial charge in [-0.1, -0.05) is 12.8 Å². The van der Waals surface area contributed by atoms with E-state index in [0.29, 0.717) is 25.9 Å². The molecule has 0 rings (SSSR count). The molecular formula is C19H34N2O8. The van der Waals surface area contributed by atoms with Crippen molar-refractivity contribution in [3.63, 3.8) is 0 Å². The molecule has 10 heteroatoms. The summed E-state index contributed by atoms with van der Waals surface area (Å²) in [5.74, 6) is -2.73. The lowest BCUT2D eigenvalue weighted by Gasteiger charge is -2.15. The highest BCUT2D eigenvalue weighted by molar-refractivity contribution is 5.80. The van der Waals surface area contributed by atoms with E-state index in [4.69, 9.17) is 30.4 Å². The quantitative estimate of drug-likeness (QED) is 0.160. The topological polar surface area (TPSA) is 157 Å². The van der Waals surface area contributed by atoms with Gasteiger partial charge in [-0.25, -0.2) is 9.59 Å². The third kappa shape index (κ3) is 14.5. The van der Waals surface area contributed by atoms with Gasteiger partial charge in [0.15, 0.2) is 12.2 Å². The molecule has 0 saturated carbocycles. The van der Waals surface area contributed by atoms with Crippen molar-refractivity contribution in [3.05, 3.63) is 0 Å². The summed E-state index contributed by atoms with van der Waals surface area (Å²) in [6.45, 7) is 3.16. The predicted octanol–water partition coefficient (Wildman–Crippen LogP) is 0.932. The van der Waals surface area contributed by atoms with Gasteiger partial charge >= 0.3 is 23.9 Å². The largest absolute Gasteiger partial charge is 0.451 e. The van der Waals surface area contributed by atoms with E-state index >= 15 is 0 Å². The van der Waals surface area contributed by atoms with Gasteiger partial charge in [0.1, 0.15) is 0 Å². The molecule has 0 bridgehead atoms. The van der Waals surface area contributed by atoms with Gasteiger partial charge in [-0.15, -0.1) is 0 Å². The lowest BCUT2D eigenvalue weighted by molar-refractivity contribution is -0.185. The summed E-state index contributed by atoms with van der Waals surface area (Å²) in [6, 6.07) is 0. The summed E-state index contributed by atoms with van der Waals surface area (Å²) < 4.78 is 19.4. The highest BCUT2D eigenvalue weighted by Crippen LogP contribution is 2.06. The van der Waals surface area contributed by atoms with Crippen LogP contribution in [0.25, 0.3) is 0 Å². The fourth-order valence-corrected chi connectivity index (χ4v) is 2.17. The Morgan fingerprint density at radius 2 is 1.03 bits per heavy atom. The van der Waals surface area contributed by atoms with E-state index in [1.807, 2.05) is 0 Å². The SMILES string of the molecule is CC(OC(=O)CCCCCN)C(=O)OCOC(=O)C(C)OC(=O)CCCCCN. The molecule has 0 aromatic rings. The van der Waals surface area contributed by atoms with Gasteiger partial charge in [0.2, 0.25) is 6.79 Å². The second kappa shape index (κ2) is 16.7. The van der Waals surface area contributed by atoms with Crippen molar-refractivity contribution in [1.29, 1.82) is 0 Å². The maximum absolute atomic E-state index is 11.8. The number of hydrogen-bond acceptors (Lipinski definition) is 10. The Labute approximate surface area is 171 Å². The number of carbonyl (C=O) groups is 4. The fraction of sp³-hybridized carbons (Fsp3) is 0.789. The minimum atomic E-state index is -1.13. The molecule has 0 aliphatic carbocycles. The van der Waals surface area contributed by atoms with Crippen molar-refractivity contribution in [2.45, 2.75) is 77.4 Å². The zero-order chi connectivity index (χ0) is 22.1. The molecule has 0 amide bonds. The normalized spacial score (nSPS) is 12.6. The lowest BCUT2D eigenvalue weighted by atomic mass is 10.2. The Morgan fingerprint density at radius 1 is 0.655 bits per heavy atom. The Bertz CT molecular complexity index is 468. The maximum atomic E-state index is 11.8. The smallest absolute Gasteiger partial charge is 0.350 e. The van der Waals surface area contributed by atoms with Gasteiger partial charge in [0.05, 0.1) is 0 Å². The summed E-state index contributed by atoms with van der Waals surface area (Å²) in [5.41, 5.74) is 10.7. The number of ether oxygens (including phenoxy) is 4. The average Bonchev–Trinajstić information content (AvgIpc) is 2.68. The van der Waals surface area contributed by atoms with Gasteiger partial charge in [0.25, 0.3) is 0 Å². The maximum Gasteiger partial charge on any atom is 0.350 e. The van der Waals surface area contributed by atoms with E-state index in [1.165, 1.54) is 13.8 Å². The zero-order valence-electron chi connectivity index (χ0n) is 17.4. The first-order valence-corrected chi connectivity index (χ1v) is 9.94. The summed E-state index contributed by atoms with van der Waals surface area (Å²) in [7, 11) is 0. The van der Waals surface area contributed by atoms with Gasteiger partial charge in [0, 0.05) is 12.8 Å². The van der Waals surface area contributed by atoms with Crippen molar-refractivity contribution in [3.8, 4) is 0 Å². The highest BCUT2D eigenvalue weighted by atomic mass is 16.7. The minimum absolute atomic E-state index is 0.182. The number of nitrogens with two attached hydrogens (primary N) is 2. The second-order valence-electron chi connectivity index (χ2n) is 6.51. The first-order valence-electron chi connectivity index (χ1n) is 9.94. The van der Waals surface area contributed by atoms with Crippen LogP contribution in [0.2, 0.25) is 0 Å². The Hall–Kier alpha value is -2.20. The highest BCUT2D eigenvalue weighted by Gasteiger charge is 2.22. The predicted molar refractivity (Wildman–Crippen MR) is 103 cm³/mol. The second-order valence-corrected chi connectivity index (χ2v) is 6.51.